The van der Waals surface area contributed by atoms with Gasteiger partial charge in [0.2, 0.25) is 0 Å². The quantitative estimate of drug-likeness (QED) is 0.263. The first-order chi connectivity index (χ1) is 20.3. The van der Waals surface area contributed by atoms with E-state index in [0.29, 0.717) is 46.6 Å². The number of para-hydroxylation sites is 1. The summed E-state index contributed by atoms with van der Waals surface area (Å²) in [5.74, 6) is -0.316. The molecule has 2 aromatic heterocycles. The molecule has 0 bridgehead atoms. The van der Waals surface area contributed by atoms with Crippen LogP contribution in [0.2, 0.25) is 0 Å². The SMILES string of the molecule is COc1ccc2c(Oc3ccc(NC(=O)c4c(C5(N)CCCC5)n(C)n(-c5ccccc5)c4=O)cc3F)ccnc2c1. The molecule has 42 heavy (non-hydrogen) atoms. The maximum atomic E-state index is 15.3. The van der Waals surface area contributed by atoms with Crippen molar-refractivity contribution in [2.45, 2.75) is 31.2 Å². The monoisotopic (exact) mass is 567 g/mol. The second-order valence-corrected chi connectivity index (χ2v) is 10.5. The van der Waals surface area contributed by atoms with Gasteiger partial charge in [-0.3, -0.25) is 19.3 Å². The Balaban J connectivity index is 1.32. The molecule has 0 unspecified atom stereocenters. The van der Waals surface area contributed by atoms with Gasteiger partial charge in [-0.05, 0) is 55.3 Å². The largest absolute Gasteiger partial charge is 0.497 e. The van der Waals surface area contributed by atoms with Gasteiger partial charge in [0.25, 0.3) is 11.5 Å². The zero-order valence-corrected chi connectivity index (χ0v) is 23.3. The summed E-state index contributed by atoms with van der Waals surface area (Å²) in [6, 6.07) is 20.1. The highest BCUT2D eigenvalue weighted by Gasteiger charge is 2.40. The van der Waals surface area contributed by atoms with E-state index in [1.807, 2.05) is 18.2 Å². The molecule has 3 N–H and O–H groups in total. The molecule has 214 valence electrons. The lowest BCUT2D eigenvalue weighted by Crippen LogP contribution is -2.38. The van der Waals surface area contributed by atoms with Crippen LogP contribution in [-0.2, 0) is 12.6 Å². The van der Waals surface area contributed by atoms with E-state index in [0.717, 1.165) is 18.9 Å². The van der Waals surface area contributed by atoms with Gasteiger partial charge in [0.1, 0.15) is 17.1 Å². The Morgan fingerprint density at radius 3 is 2.50 bits per heavy atom. The zero-order chi connectivity index (χ0) is 29.4. The molecule has 1 aliphatic rings. The molecule has 0 saturated heterocycles. The van der Waals surface area contributed by atoms with E-state index >= 15 is 4.39 Å². The highest BCUT2D eigenvalue weighted by Crippen LogP contribution is 2.38. The van der Waals surface area contributed by atoms with E-state index in [2.05, 4.69) is 10.3 Å². The number of rotatable bonds is 7. The lowest BCUT2D eigenvalue weighted by molar-refractivity contribution is 0.102. The Morgan fingerprint density at radius 2 is 1.79 bits per heavy atom. The van der Waals surface area contributed by atoms with Gasteiger partial charge >= 0.3 is 0 Å². The Hall–Kier alpha value is -4.96. The molecule has 6 rings (SSSR count). The van der Waals surface area contributed by atoms with Crippen molar-refractivity contribution >= 4 is 22.5 Å². The topological polar surface area (TPSA) is 113 Å². The number of halogens is 1. The predicted molar refractivity (Wildman–Crippen MR) is 158 cm³/mol. The van der Waals surface area contributed by atoms with Crippen LogP contribution in [0.3, 0.4) is 0 Å². The standard InChI is InChI=1S/C32H30FN5O4/c1-37-29(32(34)15-6-7-16-32)28(31(40)38(37)21-8-4-3-5-9-21)30(39)36-20-10-13-27(24(33)18-20)42-26-14-17-35-25-19-22(41-2)11-12-23(25)26/h3-5,8-14,17-19H,6-7,15-16,34H2,1-2H3,(H,36,39). The van der Waals surface area contributed by atoms with Crippen LogP contribution in [0.1, 0.15) is 41.7 Å². The zero-order valence-electron chi connectivity index (χ0n) is 23.3. The third-order valence-corrected chi connectivity index (χ3v) is 7.78. The number of benzene rings is 3. The average Bonchev–Trinajstić information content (AvgIpc) is 3.55. The summed E-state index contributed by atoms with van der Waals surface area (Å²) < 4.78 is 29.5. The van der Waals surface area contributed by atoms with E-state index in [-0.39, 0.29) is 17.0 Å². The molecule has 1 saturated carbocycles. The molecule has 1 fully saturated rings. The number of pyridine rings is 1. The molecule has 9 nitrogen and oxygen atoms in total. The number of hydrogen-bond donors (Lipinski definition) is 2. The van der Waals surface area contributed by atoms with Crippen LogP contribution in [0.5, 0.6) is 17.2 Å². The third kappa shape index (κ3) is 4.79. The molecule has 0 spiro atoms. The maximum absolute atomic E-state index is 15.3. The highest BCUT2D eigenvalue weighted by atomic mass is 19.1. The van der Waals surface area contributed by atoms with E-state index in [9.17, 15) is 9.59 Å². The lowest BCUT2D eigenvalue weighted by Gasteiger charge is -2.26. The van der Waals surface area contributed by atoms with Gasteiger partial charge in [0.15, 0.2) is 11.6 Å². The van der Waals surface area contributed by atoms with Crippen molar-refractivity contribution in [3.63, 3.8) is 0 Å². The van der Waals surface area contributed by atoms with Crippen molar-refractivity contribution in [1.29, 1.82) is 0 Å². The number of fused-ring (bicyclic) bond motifs is 1. The van der Waals surface area contributed by atoms with Crippen LogP contribution in [0.15, 0.2) is 83.8 Å². The number of amides is 1. The van der Waals surface area contributed by atoms with Gasteiger partial charge < -0.3 is 20.5 Å². The normalized spacial score (nSPS) is 14.2. The number of hydrogen-bond acceptors (Lipinski definition) is 6. The summed E-state index contributed by atoms with van der Waals surface area (Å²) in [5, 5.41) is 3.39. The molecule has 1 amide bonds. The van der Waals surface area contributed by atoms with E-state index in [1.54, 1.807) is 61.4 Å². The second-order valence-electron chi connectivity index (χ2n) is 10.5. The minimum atomic E-state index is -0.832. The fourth-order valence-electron chi connectivity index (χ4n) is 5.77. The summed E-state index contributed by atoms with van der Waals surface area (Å²) in [6.45, 7) is 0. The first-order valence-corrected chi connectivity index (χ1v) is 13.7. The molecule has 0 radical (unpaired) electrons. The van der Waals surface area contributed by atoms with Gasteiger partial charge in [-0.2, -0.15) is 0 Å². The van der Waals surface area contributed by atoms with E-state index in [4.69, 9.17) is 15.2 Å². The van der Waals surface area contributed by atoms with Gasteiger partial charge in [0.05, 0.1) is 29.5 Å². The van der Waals surface area contributed by atoms with Crippen LogP contribution in [0.4, 0.5) is 10.1 Å². The van der Waals surface area contributed by atoms with Crippen molar-refractivity contribution in [1.82, 2.24) is 14.3 Å². The van der Waals surface area contributed by atoms with Gasteiger partial charge in [-0.15, -0.1) is 0 Å². The van der Waals surface area contributed by atoms with E-state index in [1.165, 1.54) is 16.8 Å². The predicted octanol–water partition coefficient (Wildman–Crippen LogP) is 5.64. The van der Waals surface area contributed by atoms with Crippen molar-refractivity contribution < 1.29 is 18.7 Å². The fraction of sp³-hybridized carbons (Fsp3) is 0.219. The van der Waals surface area contributed by atoms with Crippen LogP contribution in [0.25, 0.3) is 16.6 Å². The Labute approximate surface area is 241 Å². The van der Waals surface area contributed by atoms with Crippen LogP contribution >= 0.6 is 0 Å². The highest BCUT2D eigenvalue weighted by molar-refractivity contribution is 6.05. The number of ether oxygens (including phenoxy) is 2. The summed E-state index contributed by atoms with van der Waals surface area (Å²) in [4.78, 5) is 31.7. The second kappa shape index (κ2) is 10.8. The summed E-state index contributed by atoms with van der Waals surface area (Å²) in [5.41, 5.74) is 7.32. The molecule has 0 aliphatic heterocycles. The number of carbonyl (C=O) groups is 1. The molecule has 10 heteroatoms. The smallest absolute Gasteiger partial charge is 0.284 e. The number of methoxy groups -OCH3 is 1. The minimum Gasteiger partial charge on any atom is -0.497 e. The Morgan fingerprint density at radius 1 is 1.02 bits per heavy atom. The van der Waals surface area contributed by atoms with Crippen molar-refractivity contribution in [3.05, 3.63) is 106 Å². The minimum absolute atomic E-state index is 0.0324. The summed E-state index contributed by atoms with van der Waals surface area (Å²) >= 11 is 0. The number of nitrogens with zero attached hydrogens (tertiary/aromatic N) is 3. The first kappa shape index (κ1) is 27.2. The number of nitrogens with one attached hydrogen (secondary N) is 1. The average molecular weight is 568 g/mol. The number of nitrogens with two attached hydrogens (primary N) is 1. The van der Waals surface area contributed by atoms with Crippen LogP contribution in [0, 0.1) is 5.82 Å². The van der Waals surface area contributed by atoms with E-state index < -0.39 is 22.8 Å². The molecule has 0 atom stereocenters. The lowest BCUT2D eigenvalue weighted by atomic mass is 9.91. The molecular weight excluding hydrogens is 537 g/mol. The maximum Gasteiger partial charge on any atom is 0.284 e. The molecule has 2 heterocycles. The van der Waals surface area contributed by atoms with Crippen molar-refractivity contribution in [3.8, 4) is 22.9 Å². The molecule has 5 aromatic rings. The van der Waals surface area contributed by atoms with Crippen LogP contribution in [-0.4, -0.2) is 27.4 Å². The molecule has 3 aromatic carbocycles. The third-order valence-electron chi connectivity index (χ3n) is 7.78. The van der Waals surface area contributed by atoms with Crippen molar-refractivity contribution in [2.24, 2.45) is 12.8 Å². The molecule has 1 aliphatic carbocycles. The summed E-state index contributed by atoms with van der Waals surface area (Å²) in [6.07, 6.45) is 4.66. The summed E-state index contributed by atoms with van der Waals surface area (Å²) in [7, 11) is 3.30. The first-order valence-electron chi connectivity index (χ1n) is 13.7. The number of carbonyl (C=O) groups excluding carboxylic acids is 1. The van der Waals surface area contributed by atoms with Crippen LogP contribution < -0.4 is 26.1 Å². The molecular formula is C32H30FN5O4. The van der Waals surface area contributed by atoms with Gasteiger partial charge in [-0.1, -0.05) is 31.0 Å². The Bertz CT molecular complexity index is 1860. The van der Waals surface area contributed by atoms with Gasteiger partial charge in [0, 0.05) is 36.5 Å². The Kier molecular flexibility index (Phi) is 6.99. The van der Waals surface area contributed by atoms with Crippen molar-refractivity contribution in [2.75, 3.05) is 12.4 Å². The van der Waals surface area contributed by atoms with Gasteiger partial charge in [-0.25, -0.2) is 9.07 Å². The number of aromatic nitrogens is 3. The fourth-order valence-corrected chi connectivity index (χ4v) is 5.77. The number of anilines is 1.